The fourth-order valence-corrected chi connectivity index (χ4v) is 4.18. The Morgan fingerprint density at radius 2 is 1.74 bits per heavy atom. The van der Waals surface area contributed by atoms with E-state index in [2.05, 4.69) is 15.1 Å². The van der Waals surface area contributed by atoms with E-state index in [0.717, 1.165) is 53.5 Å². The Balaban J connectivity index is 1.69. The lowest BCUT2D eigenvalue weighted by atomic mass is 10.1. The molecule has 0 N–H and O–H groups in total. The lowest BCUT2D eigenvalue weighted by molar-refractivity contribution is -0.385. The van der Waals surface area contributed by atoms with Gasteiger partial charge in [0.25, 0.3) is 11.2 Å². The normalized spacial score (nSPS) is 11.6. The number of nitro benzene ring substituents is 1. The molecule has 2 aromatic heterocycles. The second-order valence-electron chi connectivity index (χ2n) is 8.71. The van der Waals surface area contributed by atoms with Crippen LogP contribution >= 0.6 is 11.6 Å². The van der Waals surface area contributed by atoms with Crippen LogP contribution in [-0.2, 0) is 6.18 Å². The number of alkyl halides is 3. The number of ether oxygens (including phenoxy) is 1. The Morgan fingerprint density at radius 1 is 0.977 bits per heavy atom. The number of pyridine rings is 1. The molecule has 0 aliphatic rings. The third-order valence-electron chi connectivity index (χ3n) is 5.91. The first kappa shape index (κ1) is 28.8. The minimum Gasteiger partial charge on any atom is -0.431 e. The zero-order valence-electron chi connectivity index (χ0n) is 21.2. The first-order chi connectivity index (χ1) is 20.4. The molecule has 43 heavy (non-hydrogen) atoms. The summed E-state index contributed by atoms with van der Waals surface area (Å²) in [5.41, 5.74) is -2.74. The number of halogens is 4. The number of nitro groups is 2. The Labute approximate surface area is 242 Å². The molecular weight excluding hydrogens is 597 g/mol. The van der Waals surface area contributed by atoms with Gasteiger partial charge < -0.3 is 4.74 Å². The van der Waals surface area contributed by atoms with Gasteiger partial charge in [-0.1, -0.05) is 35.9 Å². The number of hydrogen-bond acceptors (Lipinski definition) is 9. The predicted octanol–water partition coefficient (Wildman–Crippen LogP) is 6.62. The molecule has 0 aliphatic carbocycles. The fraction of sp³-hybridized carbons (Fsp3) is 0.0370. The maximum Gasteiger partial charge on any atom is 0.416 e. The molecule has 2 heterocycles. The van der Waals surface area contributed by atoms with Crippen LogP contribution < -0.4 is 10.3 Å². The van der Waals surface area contributed by atoms with Crippen molar-refractivity contribution in [2.24, 2.45) is 5.10 Å². The summed E-state index contributed by atoms with van der Waals surface area (Å²) >= 11 is 6.10. The van der Waals surface area contributed by atoms with Gasteiger partial charge in [-0.15, -0.1) is 0 Å². The molecule has 0 atom stereocenters. The van der Waals surface area contributed by atoms with Crippen molar-refractivity contribution in [2.45, 2.75) is 6.18 Å². The highest BCUT2D eigenvalue weighted by Crippen LogP contribution is 2.37. The van der Waals surface area contributed by atoms with E-state index in [1.54, 1.807) is 12.1 Å². The van der Waals surface area contributed by atoms with E-state index in [9.17, 15) is 38.2 Å². The highest BCUT2D eigenvalue weighted by atomic mass is 35.5. The number of fused-ring (bicyclic) bond motifs is 1. The van der Waals surface area contributed by atoms with Crippen LogP contribution in [0.3, 0.4) is 0 Å². The van der Waals surface area contributed by atoms with Gasteiger partial charge in [0.15, 0.2) is 5.82 Å². The Morgan fingerprint density at radius 3 is 2.42 bits per heavy atom. The van der Waals surface area contributed by atoms with Crippen molar-refractivity contribution in [3.8, 4) is 23.0 Å². The summed E-state index contributed by atoms with van der Waals surface area (Å²) < 4.78 is 46.8. The van der Waals surface area contributed by atoms with Gasteiger partial charge in [0, 0.05) is 34.3 Å². The van der Waals surface area contributed by atoms with E-state index in [1.165, 1.54) is 24.3 Å². The van der Waals surface area contributed by atoms with Gasteiger partial charge in [0.05, 0.1) is 32.5 Å². The van der Waals surface area contributed by atoms with Gasteiger partial charge in [0.1, 0.15) is 6.20 Å². The highest BCUT2D eigenvalue weighted by molar-refractivity contribution is 6.31. The molecule has 0 fully saturated rings. The first-order valence-corrected chi connectivity index (χ1v) is 12.3. The number of aromatic nitrogens is 3. The summed E-state index contributed by atoms with van der Waals surface area (Å²) in [6, 6.07) is 14.6. The molecule has 5 rings (SSSR count). The van der Waals surface area contributed by atoms with Crippen molar-refractivity contribution in [3.63, 3.8) is 0 Å². The summed E-state index contributed by atoms with van der Waals surface area (Å²) in [5, 5.41) is 26.9. The second kappa shape index (κ2) is 11.3. The number of hydrogen-bond donors (Lipinski definition) is 0. The number of nitrogens with zero attached hydrogens (tertiary/aromatic N) is 6. The second-order valence-corrected chi connectivity index (χ2v) is 9.14. The van der Waals surface area contributed by atoms with Crippen molar-refractivity contribution in [3.05, 3.63) is 126 Å². The lowest BCUT2D eigenvalue weighted by Crippen LogP contribution is -2.20. The SMILES string of the molecule is O=c1c2ccccc2nc(-c2cccc(C(F)(F)F)c2)n1N=Cc1cc(Cl)cc([N+](=O)[O-])c1Oc1ccc([N+](=O)[O-])cn1. The van der Waals surface area contributed by atoms with Crippen LogP contribution in [0.2, 0.25) is 5.02 Å². The van der Waals surface area contributed by atoms with Crippen LogP contribution in [0, 0.1) is 20.2 Å². The third kappa shape index (κ3) is 6.01. The van der Waals surface area contributed by atoms with E-state index in [4.69, 9.17) is 16.3 Å². The molecule has 0 saturated carbocycles. The largest absolute Gasteiger partial charge is 0.431 e. The summed E-state index contributed by atoms with van der Waals surface area (Å²) in [6.07, 6.45) is -2.82. The van der Waals surface area contributed by atoms with Crippen molar-refractivity contribution in [1.29, 1.82) is 0 Å². The molecule has 0 saturated heterocycles. The monoisotopic (exact) mass is 610 g/mol. The standard InChI is InChI=1S/C27H14ClF3N6O6/c28-18-11-16(24(22(12-18)37(41)42)43-23-9-8-19(14-32-23)36(39)40)13-33-35-25(15-4-3-5-17(10-15)27(29,30)31)34-21-7-2-1-6-20(21)26(35)38/h1-14H. The zero-order chi connectivity index (χ0) is 30.9. The van der Waals surface area contributed by atoms with Crippen LogP contribution in [0.4, 0.5) is 24.5 Å². The topological polar surface area (TPSA) is 156 Å². The molecule has 0 spiro atoms. The van der Waals surface area contributed by atoms with E-state index in [-0.39, 0.29) is 44.4 Å². The molecule has 0 aliphatic heterocycles. The van der Waals surface area contributed by atoms with Crippen LogP contribution in [0.5, 0.6) is 11.6 Å². The Bertz CT molecular complexity index is 2000. The molecule has 0 bridgehead atoms. The molecular formula is C27H14ClF3N6O6. The van der Waals surface area contributed by atoms with E-state index in [1.807, 2.05) is 0 Å². The maximum atomic E-state index is 13.5. The van der Waals surface area contributed by atoms with Gasteiger partial charge in [-0.2, -0.15) is 22.9 Å². The smallest absolute Gasteiger partial charge is 0.416 e. The van der Waals surface area contributed by atoms with Gasteiger partial charge in [-0.3, -0.25) is 25.0 Å². The van der Waals surface area contributed by atoms with Crippen LogP contribution in [-0.4, -0.2) is 30.7 Å². The Kier molecular flexibility index (Phi) is 7.56. The minimum atomic E-state index is -4.68. The molecule has 16 heteroatoms. The van der Waals surface area contributed by atoms with E-state index in [0.29, 0.717) is 0 Å². The molecule has 0 radical (unpaired) electrons. The average Bonchev–Trinajstić information content (AvgIpc) is 2.97. The van der Waals surface area contributed by atoms with Gasteiger partial charge in [-0.05, 0) is 30.3 Å². The van der Waals surface area contributed by atoms with Crippen molar-refractivity contribution < 1.29 is 27.8 Å². The molecule has 216 valence electrons. The summed E-state index contributed by atoms with van der Waals surface area (Å²) in [6.45, 7) is 0. The minimum absolute atomic E-state index is 0.0848. The molecule has 5 aromatic rings. The van der Waals surface area contributed by atoms with Crippen molar-refractivity contribution in [1.82, 2.24) is 14.6 Å². The van der Waals surface area contributed by atoms with Crippen molar-refractivity contribution >= 4 is 40.1 Å². The van der Waals surface area contributed by atoms with Gasteiger partial charge >= 0.3 is 11.9 Å². The van der Waals surface area contributed by atoms with Gasteiger partial charge in [0.2, 0.25) is 11.6 Å². The molecule has 0 amide bonds. The molecule has 0 unspecified atom stereocenters. The Hall–Kier alpha value is -5.70. The van der Waals surface area contributed by atoms with E-state index >= 15 is 0 Å². The van der Waals surface area contributed by atoms with Crippen LogP contribution in [0.15, 0.2) is 88.9 Å². The summed E-state index contributed by atoms with van der Waals surface area (Å²) in [7, 11) is 0. The van der Waals surface area contributed by atoms with Crippen LogP contribution in [0.25, 0.3) is 22.3 Å². The maximum absolute atomic E-state index is 13.5. The van der Waals surface area contributed by atoms with Crippen molar-refractivity contribution in [2.75, 3.05) is 0 Å². The number of benzene rings is 3. The number of rotatable bonds is 7. The lowest BCUT2D eigenvalue weighted by Gasteiger charge is -2.12. The quantitative estimate of drug-likeness (QED) is 0.113. The van der Waals surface area contributed by atoms with E-state index < -0.39 is 38.6 Å². The summed E-state index contributed by atoms with van der Waals surface area (Å²) in [5.74, 6) is -0.927. The first-order valence-electron chi connectivity index (χ1n) is 11.9. The molecule has 3 aromatic carbocycles. The number of para-hydroxylation sites is 1. The van der Waals surface area contributed by atoms with Crippen LogP contribution in [0.1, 0.15) is 11.1 Å². The van der Waals surface area contributed by atoms with Gasteiger partial charge in [-0.25, -0.2) is 9.97 Å². The zero-order valence-corrected chi connectivity index (χ0v) is 22.0. The average molecular weight is 611 g/mol. The molecule has 12 nitrogen and oxygen atoms in total. The predicted molar refractivity (Wildman–Crippen MR) is 149 cm³/mol. The summed E-state index contributed by atoms with van der Waals surface area (Å²) in [4.78, 5) is 42.9. The third-order valence-corrected chi connectivity index (χ3v) is 6.13. The fourth-order valence-electron chi connectivity index (χ4n) is 3.96. The highest BCUT2D eigenvalue weighted by Gasteiger charge is 2.31.